The van der Waals surface area contributed by atoms with Crippen LogP contribution in [0.1, 0.15) is 22.8 Å². The lowest BCUT2D eigenvalue weighted by Crippen LogP contribution is -2.07. The molecule has 0 atom stereocenters. The third kappa shape index (κ3) is 3.58. The second-order valence-electron chi connectivity index (χ2n) is 5.52. The molecule has 0 aromatic heterocycles. The molecule has 0 spiro atoms. The highest BCUT2D eigenvalue weighted by atomic mass is 16.1. The van der Waals surface area contributed by atoms with Crippen LogP contribution in [0, 0.1) is 0 Å². The summed E-state index contributed by atoms with van der Waals surface area (Å²) in [7, 11) is 0. The van der Waals surface area contributed by atoms with Crippen molar-refractivity contribution in [1.29, 1.82) is 0 Å². The number of rotatable bonds is 4. The number of hydrogen-bond donors (Lipinski definition) is 1. The Kier molecular flexibility index (Phi) is 4.52. The number of hydrogen-bond acceptors (Lipinski definition) is 2. The minimum absolute atomic E-state index is 0.00345. The van der Waals surface area contributed by atoms with E-state index in [0.29, 0.717) is 11.3 Å². The molecule has 3 aromatic carbocycles. The predicted molar refractivity (Wildman–Crippen MR) is 98.1 cm³/mol. The van der Waals surface area contributed by atoms with E-state index in [9.17, 15) is 9.59 Å². The third-order valence-electron chi connectivity index (χ3n) is 3.80. The van der Waals surface area contributed by atoms with Crippen LogP contribution in [0.5, 0.6) is 0 Å². The molecule has 3 rings (SSSR count). The van der Waals surface area contributed by atoms with Gasteiger partial charge in [0.15, 0.2) is 5.78 Å². The number of carbonyl (C=O) groups is 2. The van der Waals surface area contributed by atoms with Crippen LogP contribution in [-0.4, -0.2) is 11.7 Å². The Morgan fingerprint density at radius 1 is 0.875 bits per heavy atom. The van der Waals surface area contributed by atoms with Gasteiger partial charge in [-0.15, -0.1) is 0 Å². The maximum Gasteiger partial charge on any atom is 0.248 e. The first-order valence-electron chi connectivity index (χ1n) is 7.71. The molecule has 0 bridgehead atoms. The highest BCUT2D eigenvalue weighted by Gasteiger charge is 2.02. The number of anilines is 1. The smallest absolute Gasteiger partial charge is 0.248 e. The molecule has 0 saturated carbocycles. The lowest BCUT2D eigenvalue weighted by molar-refractivity contribution is -0.111. The second-order valence-corrected chi connectivity index (χ2v) is 5.52. The van der Waals surface area contributed by atoms with E-state index in [-0.39, 0.29) is 11.7 Å². The lowest BCUT2D eigenvalue weighted by atomic mass is 10.0. The van der Waals surface area contributed by atoms with E-state index in [2.05, 4.69) is 5.32 Å². The first-order valence-corrected chi connectivity index (χ1v) is 7.71. The topological polar surface area (TPSA) is 46.2 Å². The van der Waals surface area contributed by atoms with Crippen LogP contribution in [0.4, 0.5) is 5.69 Å². The van der Waals surface area contributed by atoms with Gasteiger partial charge in [0.1, 0.15) is 0 Å². The van der Waals surface area contributed by atoms with Crippen LogP contribution < -0.4 is 5.32 Å². The summed E-state index contributed by atoms with van der Waals surface area (Å²) in [4.78, 5) is 23.3. The quantitative estimate of drug-likeness (QED) is 0.560. The van der Waals surface area contributed by atoms with Gasteiger partial charge in [0, 0.05) is 17.3 Å². The average molecular weight is 315 g/mol. The second kappa shape index (κ2) is 6.92. The molecule has 0 aliphatic rings. The van der Waals surface area contributed by atoms with E-state index in [1.54, 1.807) is 24.3 Å². The lowest BCUT2D eigenvalue weighted by Gasteiger charge is -2.04. The van der Waals surface area contributed by atoms with Crippen LogP contribution in [0.15, 0.2) is 72.8 Å². The number of fused-ring (bicyclic) bond motifs is 1. The molecule has 3 heteroatoms. The minimum Gasteiger partial charge on any atom is -0.323 e. The van der Waals surface area contributed by atoms with Crippen LogP contribution in [-0.2, 0) is 4.79 Å². The molecule has 0 aliphatic heterocycles. The zero-order valence-electron chi connectivity index (χ0n) is 13.3. The number of benzene rings is 3. The van der Waals surface area contributed by atoms with Crippen molar-refractivity contribution in [3.63, 3.8) is 0 Å². The van der Waals surface area contributed by atoms with Crippen molar-refractivity contribution in [3.05, 3.63) is 83.9 Å². The number of Topliss-reactive ketones (excluding diaryl/α,β-unsaturated/α-hetero) is 1. The van der Waals surface area contributed by atoms with Gasteiger partial charge in [0.25, 0.3) is 0 Å². The molecule has 0 radical (unpaired) electrons. The van der Waals surface area contributed by atoms with Crippen molar-refractivity contribution in [1.82, 2.24) is 0 Å². The molecule has 1 N–H and O–H groups in total. The Hall–Kier alpha value is -3.20. The van der Waals surface area contributed by atoms with Gasteiger partial charge in [-0.25, -0.2) is 0 Å². The van der Waals surface area contributed by atoms with Crippen molar-refractivity contribution in [2.24, 2.45) is 0 Å². The summed E-state index contributed by atoms with van der Waals surface area (Å²) >= 11 is 0. The molecule has 0 heterocycles. The number of amides is 1. The SMILES string of the molecule is CC(=O)c1ccc(NC(=O)C=Cc2cccc3ccccc23)cc1. The largest absolute Gasteiger partial charge is 0.323 e. The van der Waals surface area contributed by atoms with Crippen molar-refractivity contribution in [2.45, 2.75) is 6.92 Å². The van der Waals surface area contributed by atoms with Crippen LogP contribution in [0.2, 0.25) is 0 Å². The third-order valence-corrected chi connectivity index (χ3v) is 3.80. The summed E-state index contributed by atoms with van der Waals surface area (Å²) in [6.07, 6.45) is 3.32. The number of carbonyl (C=O) groups excluding carboxylic acids is 2. The number of ketones is 1. The Labute approximate surface area is 140 Å². The highest BCUT2D eigenvalue weighted by molar-refractivity contribution is 6.04. The van der Waals surface area contributed by atoms with Gasteiger partial charge in [-0.1, -0.05) is 42.5 Å². The molecule has 0 fully saturated rings. The minimum atomic E-state index is -0.210. The molecule has 0 unspecified atom stereocenters. The molecule has 3 aromatic rings. The van der Waals surface area contributed by atoms with Crippen molar-refractivity contribution < 1.29 is 9.59 Å². The zero-order valence-corrected chi connectivity index (χ0v) is 13.3. The fourth-order valence-electron chi connectivity index (χ4n) is 2.53. The van der Waals surface area contributed by atoms with Crippen LogP contribution >= 0.6 is 0 Å². The molecule has 1 amide bonds. The van der Waals surface area contributed by atoms with Gasteiger partial charge in [0.2, 0.25) is 5.91 Å². The summed E-state index contributed by atoms with van der Waals surface area (Å²) in [5.74, 6) is -0.206. The van der Waals surface area contributed by atoms with Gasteiger partial charge in [-0.3, -0.25) is 9.59 Å². The Bertz CT molecular complexity index is 919. The highest BCUT2D eigenvalue weighted by Crippen LogP contribution is 2.19. The maximum atomic E-state index is 12.1. The predicted octanol–water partition coefficient (Wildman–Crippen LogP) is 4.69. The summed E-state index contributed by atoms with van der Waals surface area (Å²) in [6.45, 7) is 1.51. The summed E-state index contributed by atoms with van der Waals surface area (Å²) in [6, 6.07) is 20.9. The summed E-state index contributed by atoms with van der Waals surface area (Å²) in [5.41, 5.74) is 2.28. The molecule has 0 aliphatic carbocycles. The fourth-order valence-corrected chi connectivity index (χ4v) is 2.53. The van der Waals surface area contributed by atoms with Gasteiger partial charge < -0.3 is 5.32 Å². The van der Waals surface area contributed by atoms with E-state index >= 15 is 0 Å². The van der Waals surface area contributed by atoms with Crippen molar-refractivity contribution in [2.75, 3.05) is 5.32 Å². The molecular weight excluding hydrogens is 298 g/mol. The maximum absolute atomic E-state index is 12.1. The molecular formula is C21H17NO2. The monoisotopic (exact) mass is 315 g/mol. The molecule has 3 nitrogen and oxygen atoms in total. The Morgan fingerprint density at radius 2 is 1.58 bits per heavy atom. The zero-order chi connectivity index (χ0) is 16.9. The van der Waals surface area contributed by atoms with E-state index in [1.807, 2.05) is 48.5 Å². The van der Waals surface area contributed by atoms with E-state index < -0.39 is 0 Å². The fraction of sp³-hybridized carbons (Fsp3) is 0.0476. The van der Waals surface area contributed by atoms with E-state index in [0.717, 1.165) is 16.3 Å². The number of nitrogens with one attached hydrogen (secondary N) is 1. The van der Waals surface area contributed by atoms with E-state index in [1.165, 1.54) is 13.0 Å². The standard InChI is InChI=1S/C21H17NO2/c1-15(23)16-9-12-19(13-10-16)22-21(24)14-11-18-7-4-6-17-5-2-3-8-20(17)18/h2-14H,1H3,(H,22,24). The first kappa shape index (κ1) is 15.7. The normalized spacial score (nSPS) is 10.9. The molecule has 118 valence electrons. The summed E-state index contributed by atoms with van der Waals surface area (Å²) in [5, 5.41) is 5.03. The van der Waals surface area contributed by atoms with Crippen LogP contribution in [0.25, 0.3) is 16.8 Å². The van der Waals surface area contributed by atoms with Crippen molar-refractivity contribution >= 4 is 34.2 Å². The van der Waals surface area contributed by atoms with Gasteiger partial charge >= 0.3 is 0 Å². The Morgan fingerprint density at radius 3 is 2.33 bits per heavy atom. The summed E-state index contributed by atoms with van der Waals surface area (Å²) < 4.78 is 0. The van der Waals surface area contributed by atoms with Crippen LogP contribution in [0.3, 0.4) is 0 Å². The molecule has 24 heavy (non-hydrogen) atoms. The molecule has 0 saturated heterocycles. The van der Waals surface area contributed by atoms with Gasteiger partial charge in [0.05, 0.1) is 0 Å². The average Bonchev–Trinajstić information content (AvgIpc) is 2.60. The van der Waals surface area contributed by atoms with Crippen molar-refractivity contribution in [3.8, 4) is 0 Å². The first-order chi connectivity index (χ1) is 11.6. The Balaban J connectivity index is 1.74. The van der Waals surface area contributed by atoms with Gasteiger partial charge in [-0.2, -0.15) is 0 Å². The van der Waals surface area contributed by atoms with E-state index in [4.69, 9.17) is 0 Å². The van der Waals surface area contributed by atoms with Gasteiger partial charge in [-0.05, 0) is 53.6 Å².